The third kappa shape index (κ3) is 7.99. The van der Waals surface area contributed by atoms with E-state index in [9.17, 15) is 14.0 Å². The molecule has 2 amide bonds. The Morgan fingerprint density at radius 3 is 2.58 bits per heavy atom. The highest BCUT2D eigenvalue weighted by Gasteiger charge is 2.37. The van der Waals surface area contributed by atoms with Crippen molar-refractivity contribution in [2.45, 2.75) is 45.6 Å². The first-order valence-electron chi connectivity index (χ1n) is 14.0. The number of ether oxygens (including phenoxy) is 2. The van der Waals surface area contributed by atoms with Gasteiger partial charge >= 0.3 is 0 Å². The Labute approximate surface area is 242 Å². The Morgan fingerprint density at radius 2 is 1.90 bits per heavy atom. The van der Waals surface area contributed by atoms with Crippen molar-refractivity contribution in [3.8, 4) is 5.69 Å². The van der Waals surface area contributed by atoms with Gasteiger partial charge < -0.3 is 24.6 Å². The maximum Gasteiger partial charge on any atom is 0.276 e. The summed E-state index contributed by atoms with van der Waals surface area (Å²) in [6.07, 6.45) is 2.78. The monoisotopic (exact) mass is 580 g/mol. The van der Waals surface area contributed by atoms with Crippen molar-refractivity contribution in [2.24, 2.45) is 11.8 Å². The van der Waals surface area contributed by atoms with Gasteiger partial charge in [-0.15, -0.1) is 17.5 Å². The summed E-state index contributed by atoms with van der Waals surface area (Å²) in [5, 5.41) is 12.1. The Kier molecular flexibility index (Phi) is 12.3. The fourth-order valence-corrected chi connectivity index (χ4v) is 5.33. The van der Waals surface area contributed by atoms with Crippen molar-refractivity contribution >= 4 is 24.2 Å². The van der Waals surface area contributed by atoms with E-state index in [1.165, 1.54) is 12.1 Å². The van der Waals surface area contributed by atoms with Crippen LogP contribution in [0.1, 0.15) is 49.3 Å². The Morgan fingerprint density at radius 1 is 1.18 bits per heavy atom. The molecule has 0 unspecified atom stereocenters. The third-order valence-corrected chi connectivity index (χ3v) is 7.31. The second kappa shape index (κ2) is 15.4. The van der Waals surface area contributed by atoms with E-state index in [4.69, 9.17) is 9.47 Å². The zero-order chi connectivity index (χ0) is 27.8. The normalized spacial score (nSPS) is 19.4. The number of nitrogens with zero attached hydrogens (tertiary/aromatic N) is 5. The van der Waals surface area contributed by atoms with E-state index in [2.05, 4.69) is 29.5 Å². The maximum absolute atomic E-state index is 14.2. The SMILES string of the molecule is COCCCCc1c(C(=O)N(CC(C)C)[C@@H]2CNC[C@H](C(=O)N3CCOCC3)C2)nnn1-c1ccc(F)cc1.Cl. The molecule has 3 heterocycles. The quantitative estimate of drug-likeness (QED) is 0.408. The Hall–Kier alpha value is -2.60. The standard InChI is InChI=1S/C28H41FN6O4.ClH/c1-20(2)19-34(24-16-21(17-30-18-24)27(36)33-11-14-39-15-12-33)28(37)26-25(6-4-5-13-38-3)35(32-31-26)23-9-7-22(29)8-10-23;/h7-10,20-21,24,30H,4-6,11-19H2,1-3H3;1H/t21-,24+;/m1./s1. The first-order valence-corrected chi connectivity index (χ1v) is 14.0. The molecule has 0 spiro atoms. The molecule has 12 heteroatoms. The number of hydrogen-bond acceptors (Lipinski definition) is 7. The number of nitrogens with one attached hydrogen (secondary N) is 1. The largest absolute Gasteiger partial charge is 0.385 e. The first-order chi connectivity index (χ1) is 18.9. The van der Waals surface area contributed by atoms with Gasteiger partial charge in [-0.1, -0.05) is 19.1 Å². The second-order valence-electron chi connectivity index (χ2n) is 10.8. The molecule has 222 valence electrons. The van der Waals surface area contributed by atoms with Crippen LogP contribution in [0, 0.1) is 17.7 Å². The highest BCUT2D eigenvalue weighted by atomic mass is 35.5. The van der Waals surface area contributed by atoms with Gasteiger partial charge in [-0.25, -0.2) is 9.07 Å². The Balaban J connectivity index is 0.00000441. The fourth-order valence-electron chi connectivity index (χ4n) is 5.33. The molecule has 1 aromatic carbocycles. The van der Waals surface area contributed by atoms with Gasteiger partial charge in [0.15, 0.2) is 5.69 Å². The minimum absolute atomic E-state index is 0. The fraction of sp³-hybridized carbons (Fsp3) is 0.643. The molecule has 1 N–H and O–H groups in total. The molecule has 2 saturated heterocycles. The molecule has 2 aliphatic heterocycles. The van der Waals surface area contributed by atoms with Gasteiger partial charge in [-0.2, -0.15) is 0 Å². The van der Waals surface area contributed by atoms with Gasteiger partial charge in [-0.05, 0) is 55.9 Å². The molecule has 0 radical (unpaired) electrons. The van der Waals surface area contributed by atoms with Gasteiger partial charge in [0.2, 0.25) is 5.91 Å². The summed E-state index contributed by atoms with van der Waals surface area (Å²) in [6, 6.07) is 5.86. The average molecular weight is 581 g/mol. The lowest BCUT2D eigenvalue weighted by Gasteiger charge is -2.40. The lowest BCUT2D eigenvalue weighted by Crippen LogP contribution is -2.56. The molecule has 0 aliphatic carbocycles. The summed E-state index contributed by atoms with van der Waals surface area (Å²) in [7, 11) is 1.67. The number of unbranched alkanes of at least 4 members (excludes halogenated alkanes) is 1. The van der Waals surface area contributed by atoms with Crippen LogP contribution in [-0.2, 0) is 20.7 Å². The van der Waals surface area contributed by atoms with E-state index in [1.807, 2.05) is 9.80 Å². The van der Waals surface area contributed by atoms with Crippen LogP contribution in [-0.4, -0.2) is 102 Å². The zero-order valence-electron chi connectivity index (χ0n) is 23.7. The molecule has 1 aromatic heterocycles. The average Bonchev–Trinajstić information content (AvgIpc) is 3.38. The molecule has 2 aromatic rings. The number of aromatic nitrogens is 3. The molecule has 0 bridgehead atoms. The predicted octanol–water partition coefficient (Wildman–Crippen LogP) is 2.73. The molecule has 40 heavy (non-hydrogen) atoms. The van der Waals surface area contributed by atoms with Crippen LogP contribution in [0.3, 0.4) is 0 Å². The topological polar surface area (TPSA) is 102 Å². The Bertz CT molecular complexity index is 1090. The molecule has 2 aliphatic rings. The lowest BCUT2D eigenvalue weighted by atomic mass is 9.92. The van der Waals surface area contributed by atoms with E-state index in [0.29, 0.717) is 82.5 Å². The minimum Gasteiger partial charge on any atom is -0.385 e. The van der Waals surface area contributed by atoms with Crippen molar-refractivity contribution in [3.05, 3.63) is 41.5 Å². The van der Waals surface area contributed by atoms with Gasteiger partial charge in [0.05, 0.1) is 30.5 Å². The molecular weight excluding hydrogens is 539 g/mol. The van der Waals surface area contributed by atoms with Crippen LogP contribution in [0.5, 0.6) is 0 Å². The summed E-state index contributed by atoms with van der Waals surface area (Å²) in [5.41, 5.74) is 1.65. The summed E-state index contributed by atoms with van der Waals surface area (Å²) in [5.74, 6) is -0.390. The van der Waals surface area contributed by atoms with Crippen LogP contribution in [0.25, 0.3) is 5.69 Å². The zero-order valence-corrected chi connectivity index (χ0v) is 24.5. The third-order valence-electron chi connectivity index (χ3n) is 7.31. The van der Waals surface area contributed by atoms with Crippen LogP contribution in [0.15, 0.2) is 24.3 Å². The molecular formula is C28H42ClFN6O4. The number of amides is 2. The van der Waals surface area contributed by atoms with Crippen molar-refractivity contribution in [2.75, 3.05) is 59.7 Å². The highest BCUT2D eigenvalue weighted by Crippen LogP contribution is 2.24. The number of morpholine rings is 1. The van der Waals surface area contributed by atoms with Gasteiger partial charge in [-0.3, -0.25) is 9.59 Å². The van der Waals surface area contributed by atoms with Crippen molar-refractivity contribution in [1.82, 2.24) is 30.1 Å². The van der Waals surface area contributed by atoms with Crippen molar-refractivity contribution in [3.63, 3.8) is 0 Å². The minimum atomic E-state index is -0.342. The van der Waals surface area contributed by atoms with E-state index in [-0.39, 0.29) is 47.9 Å². The van der Waals surface area contributed by atoms with Crippen molar-refractivity contribution in [1.29, 1.82) is 0 Å². The summed E-state index contributed by atoms with van der Waals surface area (Å²) < 4.78 is 25.9. The van der Waals surface area contributed by atoms with Gasteiger partial charge in [0, 0.05) is 52.5 Å². The van der Waals surface area contributed by atoms with E-state index < -0.39 is 0 Å². The van der Waals surface area contributed by atoms with Gasteiger partial charge in [0.25, 0.3) is 5.91 Å². The van der Waals surface area contributed by atoms with Gasteiger partial charge in [0.1, 0.15) is 5.82 Å². The van der Waals surface area contributed by atoms with Crippen LogP contribution in [0.4, 0.5) is 4.39 Å². The van der Waals surface area contributed by atoms with E-state index >= 15 is 0 Å². The number of methoxy groups -OCH3 is 1. The number of benzene rings is 1. The van der Waals surface area contributed by atoms with E-state index in [0.717, 1.165) is 12.8 Å². The predicted molar refractivity (Wildman–Crippen MR) is 151 cm³/mol. The summed E-state index contributed by atoms with van der Waals surface area (Å²) >= 11 is 0. The second-order valence-corrected chi connectivity index (χ2v) is 10.8. The molecule has 2 atom stereocenters. The summed E-state index contributed by atoms with van der Waals surface area (Å²) in [4.78, 5) is 31.2. The number of piperidine rings is 1. The highest BCUT2D eigenvalue weighted by molar-refractivity contribution is 5.94. The number of hydrogen-bond donors (Lipinski definition) is 1. The van der Waals surface area contributed by atoms with Crippen LogP contribution < -0.4 is 5.32 Å². The number of carbonyl (C=O) groups is 2. The maximum atomic E-state index is 14.2. The first kappa shape index (κ1) is 31.9. The molecule has 4 rings (SSSR count). The molecule has 2 fully saturated rings. The molecule has 0 saturated carbocycles. The van der Waals surface area contributed by atoms with E-state index in [1.54, 1.807) is 23.9 Å². The molecule has 10 nitrogen and oxygen atoms in total. The lowest BCUT2D eigenvalue weighted by molar-refractivity contribution is -0.140. The number of carbonyl (C=O) groups excluding carboxylic acids is 2. The smallest absolute Gasteiger partial charge is 0.276 e. The van der Waals surface area contributed by atoms with Crippen LogP contribution in [0.2, 0.25) is 0 Å². The summed E-state index contributed by atoms with van der Waals surface area (Å²) in [6.45, 7) is 8.85. The van der Waals surface area contributed by atoms with Crippen molar-refractivity contribution < 1.29 is 23.5 Å². The van der Waals surface area contributed by atoms with Crippen LogP contribution >= 0.6 is 12.4 Å². The number of halogens is 2. The number of rotatable bonds is 11.